The quantitative estimate of drug-likeness (QED) is 0.791. The van der Waals surface area contributed by atoms with Gasteiger partial charge in [0, 0.05) is 0 Å². The lowest BCUT2D eigenvalue weighted by Gasteiger charge is -1.99. The number of benzene rings is 1. The third-order valence-corrected chi connectivity index (χ3v) is 3.38. The molecule has 0 aliphatic rings. The van der Waals surface area contributed by atoms with E-state index in [-0.39, 0.29) is 16.8 Å². The van der Waals surface area contributed by atoms with Crippen LogP contribution < -0.4 is 0 Å². The van der Waals surface area contributed by atoms with E-state index in [1.54, 1.807) is 18.2 Å². The first-order chi connectivity index (χ1) is 8.13. The van der Waals surface area contributed by atoms with Crippen LogP contribution in [0.2, 0.25) is 0 Å². The zero-order valence-electron chi connectivity index (χ0n) is 8.95. The molecule has 0 spiro atoms. The van der Waals surface area contributed by atoms with Crippen molar-refractivity contribution in [3.8, 4) is 11.5 Å². The SMILES string of the molecule is CCC(Cl)c1noc(-c2cccc(Br)c2F)n1. The Morgan fingerprint density at radius 2 is 2.29 bits per heavy atom. The van der Waals surface area contributed by atoms with Crippen molar-refractivity contribution in [3.05, 3.63) is 34.3 Å². The maximum Gasteiger partial charge on any atom is 0.260 e. The van der Waals surface area contributed by atoms with E-state index in [4.69, 9.17) is 16.1 Å². The highest BCUT2D eigenvalue weighted by Crippen LogP contribution is 2.28. The molecule has 1 aromatic carbocycles. The van der Waals surface area contributed by atoms with Crippen molar-refractivity contribution in [1.82, 2.24) is 10.1 Å². The van der Waals surface area contributed by atoms with Crippen LogP contribution >= 0.6 is 27.5 Å². The van der Waals surface area contributed by atoms with Gasteiger partial charge in [0.2, 0.25) is 0 Å². The van der Waals surface area contributed by atoms with Gasteiger partial charge in [-0.05, 0) is 34.5 Å². The molecular weight excluding hydrogens is 310 g/mol. The van der Waals surface area contributed by atoms with Gasteiger partial charge in [-0.15, -0.1) is 11.6 Å². The molecule has 1 unspecified atom stereocenters. The molecule has 2 rings (SSSR count). The van der Waals surface area contributed by atoms with Crippen molar-refractivity contribution in [1.29, 1.82) is 0 Å². The Morgan fingerprint density at radius 3 is 3.00 bits per heavy atom. The Labute approximate surface area is 111 Å². The average molecular weight is 320 g/mol. The molecule has 0 saturated carbocycles. The molecule has 2 aromatic rings. The fourth-order valence-corrected chi connectivity index (χ4v) is 1.78. The fraction of sp³-hybridized carbons (Fsp3) is 0.273. The molecule has 0 aliphatic carbocycles. The summed E-state index contributed by atoms with van der Waals surface area (Å²) in [7, 11) is 0. The summed E-state index contributed by atoms with van der Waals surface area (Å²) in [6.07, 6.45) is 0.682. The minimum atomic E-state index is -0.426. The highest BCUT2D eigenvalue weighted by molar-refractivity contribution is 9.10. The van der Waals surface area contributed by atoms with Gasteiger partial charge in [-0.1, -0.05) is 18.1 Å². The topological polar surface area (TPSA) is 38.9 Å². The van der Waals surface area contributed by atoms with Crippen molar-refractivity contribution in [2.24, 2.45) is 0 Å². The number of alkyl halides is 1. The van der Waals surface area contributed by atoms with Crippen LogP contribution in [0.4, 0.5) is 4.39 Å². The van der Waals surface area contributed by atoms with Gasteiger partial charge in [-0.25, -0.2) is 4.39 Å². The van der Waals surface area contributed by atoms with Crippen LogP contribution in [-0.4, -0.2) is 10.1 Å². The van der Waals surface area contributed by atoms with Crippen LogP contribution in [0.5, 0.6) is 0 Å². The molecule has 0 N–H and O–H groups in total. The van der Waals surface area contributed by atoms with Crippen LogP contribution in [0.15, 0.2) is 27.2 Å². The van der Waals surface area contributed by atoms with Gasteiger partial charge >= 0.3 is 0 Å². The summed E-state index contributed by atoms with van der Waals surface area (Å²) >= 11 is 9.08. The van der Waals surface area contributed by atoms with Gasteiger partial charge in [-0.2, -0.15) is 4.98 Å². The molecular formula is C11H9BrClFN2O. The van der Waals surface area contributed by atoms with Crippen molar-refractivity contribution in [2.75, 3.05) is 0 Å². The molecule has 3 nitrogen and oxygen atoms in total. The molecule has 1 atom stereocenters. The first-order valence-electron chi connectivity index (χ1n) is 5.05. The van der Waals surface area contributed by atoms with Gasteiger partial charge in [-0.3, -0.25) is 0 Å². The largest absolute Gasteiger partial charge is 0.334 e. The van der Waals surface area contributed by atoms with Gasteiger partial charge < -0.3 is 4.52 Å². The predicted octanol–water partition coefficient (Wildman–Crippen LogP) is 4.33. The van der Waals surface area contributed by atoms with Crippen molar-refractivity contribution in [3.63, 3.8) is 0 Å². The summed E-state index contributed by atoms with van der Waals surface area (Å²) in [5, 5.41) is 3.42. The molecule has 0 amide bonds. The third kappa shape index (κ3) is 2.50. The highest BCUT2D eigenvalue weighted by Gasteiger charge is 2.18. The molecule has 0 aliphatic heterocycles. The number of hydrogen-bond acceptors (Lipinski definition) is 3. The Morgan fingerprint density at radius 1 is 1.53 bits per heavy atom. The molecule has 1 heterocycles. The predicted molar refractivity (Wildman–Crippen MR) is 66.3 cm³/mol. The standard InChI is InChI=1S/C11H9BrClFN2O/c1-2-8(13)10-15-11(17-16-10)6-4-3-5-7(12)9(6)14/h3-5,8H,2H2,1H3. The van der Waals surface area contributed by atoms with Crippen molar-refractivity contribution in [2.45, 2.75) is 18.7 Å². The second-order valence-corrected chi connectivity index (χ2v) is 4.82. The Bertz CT molecular complexity index is 532. The minimum absolute atomic E-state index is 0.137. The van der Waals surface area contributed by atoms with Gasteiger partial charge in [0.05, 0.1) is 15.4 Å². The lowest BCUT2D eigenvalue weighted by molar-refractivity contribution is 0.419. The van der Waals surface area contributed by atoms with Crippen LogP contribution in [-0.2, 0) is 0 Å². The lowest BCUT2D eigenvalue weighted by atomic mass is 10.2. The van der Waals surface area contributed by atoms with E-state index in [1.807, 2.05) is 6.92 Å². The highest BCUT2D eigenvalue weighted by atomic mass is 79.9. The van der Waals surface area contributed by atoms with Crippen LogP contribution in [0.1, 0.15) is 24.5 Å². The van der Waals surface area contributed by atoms with Gasteiger partial charge in [0.1, 0.15) is 5.82 Å². The first-order valence-corrected chi connectivity index (χ1v) is 6.28. The lowest BCUT2D eigenvalue weighted by Crippen LogP contribution is -1.91. The zero-order valence-corrected chi connectivity index (χ0v) is 11.3. The van der Waals surface area contributed by atoms with E-state index in [2.05, 4.69) is 26.1 Å². The first kappa shape index (κ1) is 12.5. The second-order valence-electron chi connectivity index (χ2n) is 3.43. The minimum Gasteiger partial charge on any atom is -0.334 e. The van der Waals surface area contributed by atoms with E-state index >= 15 is 0 Å². The zero-order chi connectivity index (χ0) is 12.4. The van der Waals surface area contributed by atoms with E-state index in [0.29, 0.717) is 16.7 Å². The summed E-state index contributed by atoms with van der Waals surface area (Å²) in [6.45, 7) is 1.91. The molecule has 90 valence electrons. The Balaban J connectivity index is 2.40. The molecule has 0 bridgehead atoms. The third-order valence-electron chi connectivity index (χ3n) is 2.26. The summed E-state index contributed by atoms with van der Waals surface area (Å²) in [6, 6.07) is 4.88. The average Bonchev–Trinajstić information content (AvgIpc) is 2.81. The van der Waals surface area contributed by atoms with Gasteiger partial charge in [0.25, 0.3) is 5.89 Å². The second kappa shape index (κ2) is 5.14. The van der Waals surface area contributed by atoms with E-state index in [1.165, 1.54) is 0 Å². The van der Waals surface area contributed by atoms with Crippen molar-refractivity contribution >= 4 is 27.5 Å². The number of halogens is 3. The maximum absolute atomic E-state index is 13.8. The van der Waals surface area contributed by atoms with Crippen molar-refractivity contribution < 1.29 is 8.91 Å². The number of aromatic nitrogens is 2. The summed E-state index contributed by atoms with van der Waals surface area (Å²) in [5.74, 6) is 0.0896. The maximum atomic E-state index is 13.8. The van der Waals surface area contributed by atoms with Gasteiger partial charge in [0.15, 0.2) is 5.82 Å². The molecule has 1 aromatic heterocycles. The molecule has 0 saturated heterocycles. The Kier molecular flexibility index (Phi) is 3.79. The number of nitrogens with zero attached hydrogens (tertiary/aromatic N) is 2. The van der Waals surface area contributed by atoms with E-state index < -0.39 is 5.82 Å². The summed E-state index contributed by atoms with van der Waals surface area (Å²) < 4.78 is 19.1. The van der Waals surface area contributed by atoms with E-state index in [0.717, 1.165) is 0 Å². The monoisotopic (exact) mass is 318 g/mol. The molecule has 6 heteroatoms. The number of hydrogen-bond donors (Lipinski definition) is 0. The molecule has 0 radical (unpaired) electrons. The fourth-order valence-electron chi connectivity index (χ4n) is 1.32. The number of rotatable bonds is 3. The Hall–Kier alpha value is -0.940. The summed E-state index contributed by atoms with van der Waals surface area (Å²) in [5.41, 5.74) is 0.262. The smallest absolute Gasteiger partial charge is 0.260 e. The van der Waals surface area contributed by atoms with Crippen LogP contribution in [0.3, 0.4) is 0 Å². The summed E-state index contributed by atoms with van der Waals surface area (Å²) in [4.78, 5) is 4.08. The van der Waals surface area contributed by atoms with E-state index in [9.17, 15) is 4.39 Å². The normalized spacial score (nSPS) is 12.7. The molecule has 0 fully saturated rings. The molecule has 17 heavy (non-hydrogen) atoms. The van der Waals surface area contributed by atoms with Crippen LogP contribution in [0, 0.1) is 5.82 Å². The van der Waals surface area contributed by atoms with Crippen LogP contribution in [0.25, 0.3) is 11.5 Å².